The zero-order valence-electron chi connectivity index (χ0n) is 17.6. The molecule has 0 saturated carbocycles. The lowest BCUT2D eigenvalue weighted by Crippen LogP contribution is -2.52. The molecule has 2 N–H and O–H groups in total. The Hall–Kier alpha value is -1.82. The van der Waals surface area contributed by atoms with Crippen LogP contribution in [-0.4, -0.2) is 60.7 Å². The van der Waals surface area contributed by atoms with Crippen LogP contribution in [0.15, 0.2) is 24.4 Å². The number of likely N-dealkylation sites (tertiary alicyclic amines) is 1. The number of hydrogen-bond donors (Lipinski definition) is 2. The summed E-state index contributed by atoms with van der Waals surface area (Å²) in [7, 11) is 0. The molecule has 0 aromatic carbocycles. The van der Waals surface area contributed by atoms with Crippen molar-refractivity contribution in [3.05, 3.63) is 24.4 Å². The molecule has 6 heteroatoms. The van der Waals surface area contributed by atoms with Crippen LogP contribution in [0.1, 0.15) is 52.4 Å². The highest BCUT2D eigenvalue weighted by Gasteiger charge is 2.25. The van der Waals surface area contributed by atoms with E-state index in [2.05, 4.69) is 45.3 Å². The van der Waals surface area contributed by atoms with E-state index in [4.69, 9.17) is 0 Å². The maximum atomic E-state index is 12.5. The number of pyridine rings is 1. The first-order valence-electron chi connectivity index (χ1n) is 11.1. The highest BCUT2D eigenvalue weighted by molar-refractivity contribution is 5.74. The summed E-state index contributed by atoms with van der Waals surface area (Å²) < 4.78 is 0. The molecule has 28 heavy (non-hydrogen) atoms. The Morgan fingerprint density at radius 2 is 1.82 bits per heavy atom. The maximum absolute atomic E-state index is 12.5. The van der Waals surface area contributed by atoms with Crippen molar-refractivity contribution in [1.29, 1.82) is 0 Å². The van der Waals surface area contributed by atoms with Crippen LogP contribution in [0.5, 0.6) is 0 Å². The lowest BCUT2D eigenvalue weighted by molar-refractivity contribution is 0.156. The van der Waals surface area contributed by atoms with Gasteiger partial charge in [0.05, 0.1) is 0 Å². The molecular formula is C22H37N5O. The Labute approximate surface area is 170 Å². The second-order valence-electron chi connectivity index (χ2n) is 8.57. The first kappa shape index (κ1) is 20.9. The van der Waals surface area contributed by atoms with E-state index in [9.17, 15) is 4.79 Å². The van der Waals surface area contributed by atoms with E-state index in [-0.39, 0.29) is 12.1 Å². The molecule has 2 aliphatic rings. The van der Waals surface area contributed by atoms with E-state index < -0.39 is 0 Å². The predicted molar refractivity (Wildman–Crippen MR) is 115 cm³/mol. The molecule has 2 amide bonds. The van der Waals surface area contributed by atoms with Crippen molar-refractivity contribution in [2.75, 3.05) is 37.6 Å². The zero-order valence-corrected chi connectivity index (χ0v) is 17.6. The van der Waals surface area contributed by atoms with Crippen LogP contribution >= 0.6 is 0 Å². The fraction of sp³-hybridized carbons (Fsp3) is 0.727. The normalized spacial score (nSPS) is 20.6. The molecule has 0 spiro atoms. The average molecular weight is 388 g/mol. The molecule has 1 aromatic rings. The first-order chi connectivity index (χ1) is 13.6. The third-order valence-corrected chi connectivity index (χ3v) is 6.15. The van der Waals surface area contributed by atoms with E-state index in [1.54, 1.807) is 0 Å². The van der Waals surface area contributed by atoms with Crippen molar-refractivity contribution in [2.24, 2.45) is 5.92 Å². The molecule has 6 nitrogen and oxygen atoms in total. The fourth-order valence-electron chi connectivity index (χ4n) is 4.44. The number of amides is 2. The van der Waals surface area contributed by atoms with Crippen molar-refractivity contribution >= 4 is 11.8 Å². The van der Waals surface area contributed by atoms with Crippen LogP contribution in [0.3, 0.4) is 0 Å². The molecule has 1 aromatic heterocycles. The van der Waals surface area contributed by atoms with Gasteiger partial charge in [0.15, 0.2) is 0 Å². The third kappa shape index (κ3) is 6.09. The van der Waals surface area contributed by atoms with Gasteiger partial charge in [0.2, 0.25) is 0 Å². The lowest BCUT2D eigenvalue weighted by atomic mass is 10.0. The molecular weight excluding hydrogens is 350 g/mol. The van der Waals surface area contributed by atoms with Gasteiger partial charge >= 0.3 is 6.03 Å². The summed E-state index contributed by atoms with van der Waals surface area (Å²) in [5.74, 6) is 1.57. The van der Waals surface area contributed by atoms with Crippen LogP contribution in [0.4, 0.5) is 10.6 Å². The number of nitrogens with zero attached hydrogens (tertiary/aromatic N) is 3. The summed E-state index contributed by atoms with van der Waals surface area (Å²) in [6.07, 6.45) is 9.00. The number of carbonyl (C=O) groups is 1. The molecule has 0 radical (unpaired) electrons. The van der Waals surface area contributed by atoms with Gasteiger partial charge in [0.25, 0.3) is 0 Å². The van der Waals surface area contributed by atoms with Crippen molar-refractivity contribution in [2.45, 2.75) is 64.5 Å². The molecule has 2 aliphatic heterocycles. The highest BCUT2D eigenvalue weighted by atomic mass is 16.2. The van der Waals surface area contributed by atoms with Crippen LogP contribution < -0.4 is 15.5 Å². The van der Waals surface area contributed by atoms with E-state index in [0.717, 1.165) is 51.4 Å². The van der Waals surface area contributed by atoms with E-state index in [1.807, 2.05) is 18.3 Å². The van der Waals surface area contributed by atoms with Gasteiger partial charge in [-0.15, -0.1) is 0 Å². The fourth-order valence-corrected chi connectivity index (χ4v) is 4.44. The predicted octanol–water partition coefficient (Wildman–Crippen LogP) is 3.25. The van der Waals surface area contributed by atoms with Gasteiger partial charge in [-0.3, -0.25) is 4.90 Å². The highest BCUT2D eigenvalue weighted by Crippen LogP contribution is 2.18. The maximum Gasteiger partial charge on any atom is 0.315 e. The molecule has 1 atom stereocenters. The molecule has 3 heterocycles. The summed E-state index contributed by atoms with van der Waals surface area (Å²) in [6, 6.07) is 6.67. The van der Waals surface area contributed by atoms with Crippen LogP contribution in [0.25, 0.3) is 0 Å². The average Bonchev–Trinajstić information content (AvgIpc) is 2.98. The zero-order chi connectivity index (χ0) is 19.8. The SMILES string of the molecule is CC(C)C(CNC(=O)NC1CCN(c2ccccn2)CC1)N1CCCCCC1. The number of nitrogens with one attached hydrogen (secondary N) is 2. The molecule has 2 saturated heterocycles. The molecule has 0 aliphatic carbocycles. The molecule has 2 fully saturated rings. The van der Waals surface area contributed by atoms with E-state index in [0.29, 0.717) is 12.0 Å². The summed E-state index contributed by atoms with van der Waals surface area (Å²) in [5, 5.41) is 6.34. The Morgan fingerprint density at radius 3 is 2.43 bits per heavy atom. The number of carbonyl (C=O) groups excluding carboxylic acids is 1. The first-order valence-corrected chi connectivity index (χ1v) is 11.1. The third-order valence-electron chi connectivity index (χ3n) is 6.15. The van der Waals surface area contributed by atoms with Crippen molar-refractivity contribution < 1.29 is 4.79 Å². The number of urea groups is 1. The number of piperidine rings is 1. The number of aromatic nitrogens is 1. The molecule has 3 rings (SSSR count). The topological polar surface area (TPSA) is 60.5 Å². The van der Waals surface area contributed by atoms with Crippen molar-refractivity contribution in [3.63, 3.8) is 0 Å². The van der Waals surface area contributed by atoms with Gasteiger partial charge in [0.1, 0.15) is 5.82 Å². The van der Waals surface area contributed by atoms with Crippen LogP contribution in [-0.2, 0) is 0 Å². The van der Waals surface area contributed by atoms with Gasteiger partial charge in [0, 0.05) is 37.9 Å². The van der Waals surface area contributed by atoms with Gasteiger partial charge in [-0.1, -0.05) is 32.8 Å². The van der Waals surface area contributed by atoms with Crippen LogP contribution in [0.2, 0.25) is 0 Å². The Morgan fingerprint density at radius 1 is 1.11 bits per heavy atom. The second-order valence-corrected chi connectivity index (χ2v) is 8.57. The Bertz CT molecular complexity index is 578. The summed E-state index contributed by atoms with van der Waals surface area (Å²) in [6.45, 7) is 9.46. The summed E-state index contributed by atoms with van der Waals surface area (Å²) in [4.78, 5) is 21.8. The number of anilines is 1. The smallest absolute Gasteiger partial charge is 0.315 e. The minimum absolute atomic E-state index is 0.0169. The molecule has 1 unspecified atom stereocenters. The Balaban J connectivity index is 1.41. The largest absolute Gasteiger partial charge is 0.356 e. The summed E-state index contributed by atoms with van der Waals surface area (Å²) in [5.41, 5.74) is 0. The molecule has 0 bridgehead atoms. The van der Waals surface area contributed by atoms with Gasteiger partial charge in [-0.2, -0.15) is 0 Å². The van der Waals surface area contributed by atoms with E-state index >= 15 is 0 Å². The number of rotatable bonds is 6. The molecule has 156 valence electrons. The van der Waals surface area contributed by atoms with Gasteiger partial charge < -0.3 is 15.5 Å². The monoisotopic (exact) mass is 387 g/mol. The van der Waals surface area contributed by atoms with Crippen molar-refractivity contribution in [1.82, 2.24) is 20.5 Å². The Kier molecular flexibility index (Phi) is 7.95. The second kappa shape index (κ2) is 10.6. The quantitative estimate of drug-likeness (QED) is 0.787. The minimum atomic E-state index is -0.0169. The van der Waals surface area contributed by atoms with Gasteiger partial charge in [-0.05, 0) is 56.8 Å². The number of hydrogen-bond acceptors (Lipinski definition) is 4. The van der Waals surface area contributed by atoms with Crippen molar-refractivity contribution in [3.8, 4) is 0 Å². The standard InChI is InChI=1S/C22H37N5O/c1-18(2)20(26-13-7-3-4-8-14-26)17-24-22(28)25-19-10-15-27(16-11-19)21-9-5-6-12-23-21/h5-6,9,12,18-20H,3-4,7-8,10-11,13-17H2,1-2H3,(H2,24,25,28). The van der Waals surface area contributed by atoms with E-state index in [1.165, 1.54) is 25.7 Å². The lowest BCUT2D eigenvalue weighted by Gasteiger charge is -2.35. The van der Waals surface area contributed by atoms with Crippen LogP contribution in [0, 0.1) is 5.92 Å². The van der Waals surface area contributed by atoms with Gasteiger partial charge in [-0.25, -0.2) is 9.78 Å². The minimum Gasteiger partial charge on any atom is -0.356 e. The summed E-state index contributed by atoms with van der Waals surface area (Å²) >= 11 is 0.